The van der Waals surface area contributed by atoms with Crippen molar-refractivity contribution in [3.05, 3.63) is 93.8 Å². The third-order valence-electron chi connectivity index (χ3n) is 13.5. The number of para-hydroxylation sites is 1. The molecule has 1 unspecified atom stereocenters. The first-order valence-electron chi connectivity index (χ1n) is 18.0. The number of piperidine rings is 4. The van der Waals surface area contributed by atoms with Crippen molar-refractivity contribution in [2.75, 3.05) is 33.9 Å². The molecule has 4 fully saturated rings. The van der Waals surface area contributed by atoms with Crippen molar-refractivity contribution in [2.24, 2.45) is 30.7 Å². The first-order chi connectivity index (χ1) is 23.4. The number of H-pyrrole nitrogens is 1. The minimum absolute atomic E-state index is 0.0703. The zero-order chi connectivity index (χ0) is 33.0. The molecule has 1 aliphatic carbocycles. The van der Waals surface area contributed by atoms with Gasteiger partial charge in [-0.2, -0.15) is 0 Å². The summed E-state index contributed by atoms with van der Waals surface area (Å²) in [5, 5.41) is 13.2. The van der Waals surface area contributed by atoms with Gasteiger partial charge in [0.15, 0.2) is 0 Å². The van der Waals surface area contributed by atoms with Gasteiger partial charge in [-0.25, -0.2) is 0 Å². The first kappa shape index (κ1) is 30.4. The minimum Gasteiger partial charge on any atom is -0.469 e. The molecule has 0 amide bonds. The van der Waals surface area contributed by atoms with E-state index in [1.165, 1.54) is 55.5 Å². The zero-order valence-corrected chi connectivity index (χ0v) is 28.9. The molecule has 48 heavy (non-hydrogen) atoms. The number of carbonyl (C=O) groups is 1. The fourth-order valence-electron chi connectivity index (χ4n) is 11.3. The number of benzene rings is 2. The molecule has 2 aromatic carbocycles. The van der Waals surface area contributed by atoms with E-state index < -0.39 is 0 Å². The molecule has 9 atom stereocenters. The van der Waals surface area contributed by atoms with Gasteiger partial charge in [-0.3, -0.25) is 14.6 Å². The molecule has 2 N–H and O–H groups in total. The number of aromatic nitrogens is 2. The SMILES string of the molecule is CC=C1CN2[C@H]3C[C@@H]1[C@H](CO)[C@@H]2Cc1c3n(C)c2ccc([C@@H]3C[C@@H]4/C(=C\C)CN(C)[C@H](Cc5c3[nH]c3ccccc53)[C@H]4C(=O)OC)cc12. The molecule has 10 rings (SSSR count). The molecule has 0 radical (unpaired) electrons. The maximum Gasteiger partial charge on any atom is 0.310 e. The number of hydrogen-bond donors (Lipinski definition) is 2. The van der Waals surface area contributed by atoms with E-state index in [9.17, 15) is 9.90 Å². The lowest BCUT2D eigenvalue weighted by Crippen LogP contribution is -2.61. The van der Waals surface area contributed by atoms with Crippen molar-refractivity contribution in [1.82, 2.24) is 19.4 Å². The maximum atomic E-state index is 13.7. The van der Waals surface area contributed by atoms with Crippen LogP contribution in [0, 0.1) is 23.7 Å². The van der Waals surface area contributed by atoms with E-state index in [0.29, 0.717) is 23.9 Å². The smallest absolute Gasteiger partial charge is 0.310 e. The van der Waals surface area contributed by atoms with Gasteiger partial charge in [-0.1, -0.05) is 47.6 Å². The summed E-state index contributed by atoms with van der Waals surface area (Å²) in [4.78, 5) is 22.7. The highest BCUT2D eigenvalue weighted by atomic mass is 16.5. The molecule has 0 saturated carbocycles. The third-order valence-corrected chi connectivity index (χ3v) is 13.5. The molecule has 0 spiro atoms. The highest BCUT2D eigenvalue weighted by Gasteiger charge is 2.53. The summed E-state index contributed by atoms with van der Waals surface area (Å²) >= 11 is 0. The topological polar surface area (TPSA) is 73.7 Å². The molecule has 250 valence electrons. The number of likely N-dealkylation sites (N-methyl/N-ethyl adjacent to an activating group) is 1. The van der Waals surface area contributed by atoms with Gasteiger partial charge in [0.1, 0.15) is 0 Å². The van der Waals surface area contributed by atoms with Crippen molar-refractivity contribution in [1.29, 1.82) is 0 Å². The lowest BCUT2D eigenvalue weighted by atomic mass is 9.64. The Bertz CT molecular complexity index is 2020. The van der Waals surface area contributed by atoms with Crippen molar-refractivity contribution in [2.45, 2.75) is 63.6 Å². The van der Waals surface area contributed by atoms with E-state index >= 15 is 0 Å². The van der Waals surface area contributed by atoms with Crippen molar-refractivity contribution in [3.8, 4) is 0 Å². The molecule has 7 nitrogen and oxygen atoms in total. The van der Waals surface area contributed by atoms with Crippen molar-refractivity contribution >= 4 is 27.8 Å². The van der Waals surface area contributed by atoms with E-state index in [4.69, 9.17) is 4.74 Å². The molecule has 6 aliphatic rings. The maximum absolute atomic E-state index is 13.7. The van der Waals surface area contributed by atoms with Crippen LogP contribution in [0.5, 0.6) is 0 Å². The predicted octanol–water partition coefficient (Wildman–Crippen LogP) is 6.26. The number of aromatic amines is 1. The van der Waals surface area contributed by atoms with Crippen LogP contribution in [0.4, 0.5) is 0 Å². The molecule has 7 heterocycles. The van der Waals surface area contributed by atoms with Gasteiger partial charge < -0.3 is 19.4 Å². The van der Waals surface area contributed by atoms with Crippen LogP contribution >= 0.6 is 0 Å². The fourth-order valence-corrected chi connectivity index (χ4v) is 11.3. The number of nitrogens with zero attached hydrogens (tertiary/aromatic N) is 3. The summed E-state index contributed by atoms with van der Waals surface area (Å²) in [6, 6.07) is 16.7. The molecule has 2 aromatic heterocycles. The number of rotatable bonds is 3. The molecular weight excluding hydrogens is 596 g/mol. The summed E-state index contributed by atoms with van der Waals surface area (Å²) < 4.78 is 8.02. The zero-order valence-electron chi connectivity index (χ0n) is 28.9. The first-order valence-corrected chi connectivity index (χ1v) is 18.0. The van der Waals surface area contributed by atoms with E-state index in [2.05, 4.69) is 102 Å². The van der Waals surface area contributed by atoms with Crippen molar-refractivity contribution in [3.63, 3.8) is 0 Å². The largest absolute Gasteiger partial charge is 0.469 e. The molecule has 4 saturated heterocycles. The summed E-state index contributed by atoms with van der Waals surface area (Å²) in [6.45, 7) is 6.43. The average molecular weight is 645 g/mol. The minimum atomic E-state index is -0.223. The second-order valence-electron chi connectivity index (χ2n) is 15.3. The normalized spacial score (nSPS) is 34.3. The van der Waals surface area contributed by atoms with Crippen LogP contribution in [0.2, 0.25) is 0 Å². The van der Waals surface area contributed by atoms with Crippen LogP contribution in [0.15, 0.2) is 65.8 Å². The summed E-state index contributed by atoms with van der Waals surface area (Å²) in [6.07, 6.45) is 8.27. The van der Waals surface area contributed by atoms with E-state index in [0.717, 1.165) is 44.3 Å². The van der Waals surface area contributed by atoms with Gasteiger partial charge in [0, 0.05) is 83.9 Å². The quantitative estimate of drug-likeness (QED) is 0.204. The Morgan fingerprint density at radius 3 is 2.50 bits per heavy atom. The number of esters is 1. The Labute approximate surface area is 283 Å². The molecule has 7 heteroatoms. The van der Waals surface area contributed by atoms with Crippen LogP contribution in [-0.2, 0) is 29.4 Å². The van der Waals surface area contributed by atoms with E-state index in [1.807, 2.05) is 0 Å². The lowest BCUT2D eigenvalue weighted by molar-refractivity contribution is -0.151. The molecule has 6 bridgehead atoms. The number of ether oxygens (including phenoxy) is 1. The number of aliphatic hydroxyl groups excluding tert-OH is 1. The Balaban J connectivity index is 1.22. The van der Waals surface area contributed by atoms with Gasteiger partial charge in [-0.15, -0.1) is 0 Å². The average Bonchev–Trinajstić information content (AvgIpc) is 3.60. The lowest BCUT2D eigenvalue weighted by Gasteiger charge is -2.58. The van der Waals surface area contributed by atoms with Crippen LogP contribution < -0.4 is 0 Å². The van der Waals surface area contributed by atoms with Gasteiger partial charge in [-0.05, 0) is 93.3 Å². The standard InChI is InChI=1S/C41H48N4O3/c1-6-22-19-43(3)36-17-30-25-10-8-9-11-33(25)42-39(30)28(15-27(22)38(36)41(47)48-5)24-12-13-34-29(14-24)31-18-35-32(21-46)26-16-37(40(31)44(34)4)45(35)20-23(26)7-2/h6-14,26-28,32,35-38,42,46H,15-21H2,1-5H3/b22-6-,23-7?/t26-,27+,28-,32-,35-,36+,37-,38-/m0/s1. The molecule has 4 aromatic rings. The van der Waals surface area contributed by atoms with E-state index in [-0.39, 0.29) is 36.4 Å². The molecular formula is C41H48N4O3. The van der Waals surface area contributed by atoms with E-state index in [1.54, 1.807) is 7.11 Å². The van der Waals surface area contributed by atoms with Crippen molar-refractivity contribution < 1.29 is 14.6 Å². The summed E-state index contributed by atoms with van der Waals surface area (Å²) in [7, 11) is 5.97. The van der Waals surface area contributed by atoms with Crippen LogP contribution in [0.3, 0.4) is 0 Å². The summed E-state index contributed by atoms with van der Waals surface area (Å²) in [5.74, 6) is 0.648. The predicted molar refractivity (Wildman–Crippen MR) is 190 cm³/mol. The monoisotopic (exact) mass is 644 g/mol. The number of allylic oxidation sites excluding steroid dienone is 2. The van der Waals surface area contributed by atoms with Crippen LogP contribution in [0.25, 0.3) is 21.8 Å². The number of methoxy groups -OCH3 is 1. The van der Waals surface area contributed by atoms with Gasteiger partial charge in [0.05, 0.1) is 19.1 Å². The number of nitrogens with one attached hydrogen (secondary N) is 1. The number of fused-ring (bicyclic) bond motifs is 9. The Kier molecular flexibility index (Phi) is 7.09. The fraction of sp³-hybridized carbons (Fsp3) is 0.488. The Hall–Kier alpha value is -3.65. The number of aryl methyl sites for hydroxylation is 1. The highest BCUT2D eigenvalue weighted by Crippen LogP contribution is 2.55. The van der Waals surface area contributed by atoms with Gasteiger partial charge >= 0.3 is 5.97 Å². The second-order valence-corrected chi connectivity index (χ2v) is 15.3. The second kappa shape index (κ2) is 11.2. The Morgan fingerprint density at radius 1 is 0.958 bits per heavy atom. The van der Waals surface area contributed by atoms with Crippen LogP contribution in [-0.4, -0.2) is 76.4 Å². The van der Waals surface area contributed by atoms with Gasteiger partial charge in [0.25, 0.3) is 0 Å². The summed E-state index contributed by atoms with van der Waals surface area (Å²) in [5.41, 5.74) is 12.2. The third kappa shape index (κ3) is 4.13. The Morgan fingerprint density at radius 2 is 1.73 bits per heavy atom. The number of likely N-dealkylation sites (tertiary alicyclic amines) is 1. The highest BCUT2D eigenvalue weighted by molar-refractivity contribution is 5.88. The van der Waals surface area contributed by atoms with Crippen LogP contribution in [0.1, 0.15) is 66.7 Å². The number of carbonyl (C=O) groups excluding carboxylic acids is 1. The van der Waals surface area contributed by atoms with Gasteiger partial charge in [0.2, 0.25) is 0 Å². The number of aliphatic hydroxyl groups is 1. The number of hydrogen-bond acceptors (Lipinski definition) is 5. The molecule has 5 aliphatic heterocycles.